The van der Waals surface area contributed by atoms with Crippen LogP contribution >= 0.6 is 0 Å². The second-order valence-corrected chi connectivity index (χ2v) is 3.54. The van der Waals surface area contributed by atoms with E-state index < -0.39 is 10.0 Å². The summed E-state index contributed by atoms with van der Waals surface area (Å²) in [6.07, 6.45) is 3.94. The summed E-state index contributed by atoms with van der Waals surface area (Å²) in [6, 6.07) is 0. The van der Waals surface area contributed by atoms with Crippen molar-refractivity contribution in [2.24, 2.45) is 5.10 Å². The molecule has 55 valence electrons. The molecule has 0 aromatic carbocycles. The highest BCUT2D eigenvalue weighted by atomic mass is 32.2. The van der Waals surface area contributed by atoms with Gasteiger partial charge in [-0.1, -0.05) is 0 Å². The van der Waals surface area contributed by atoms with Gasteiger partial charge in [-0.15, -0.1) is 5.10 Å². The summed E-state index contributed by atoms with van der Waals surface area (Å²) in [5.41, 5.74) is 3.43. The minimum atomic E-state index is -3.20. The molecule has 0 saturated carbocycles. The molecule has 1 aliphatic heterocycles. The van der Waals surface area contributed by atoms with Crippen molar-refractivity contribution in [3.63, 3.8) is 0 Å². The van der Waals surface area contributed by atoms with Crippen LogP contribution in [0.2, 0.25) is 0 Å². The third-order valence-corrected chi connectivity index (χ3v) is 1.33. The van der Waals surface area contributed by atoms with Gasteiger partial charge in [-0.05, 0) is 0 Å². The van der Waals surface area contributed by atoms with E-state index in [1.165, 1.54) is 12.3 Å². The number of nitrogens with one attached hydrogen (secondary N) is 1. The molecule has 0 aromatic rings. The Balaban J connectivity index is 2.63. The average Bonchev–Trinajstić information content (AvgIpc) is 2.12. The third-order valence-electron chi connectivity index (χ3n) is 0.755. The van der Waals surface area contributed by atoms with Crippen molar-refractivity contribution in [3.8, 4) is 0 Å². The fourth-order valence-corrected chi connectivity index (χ4v) is 0.966. The van der Waals surface area contributed by atoms with Gasteiger partial charge in [-0.2, -0.15) is 5.43 Å². The van der Waals surface area contributed by atoms with Crippen LogP contribution < -0.4 is 10.1 Å². The summed E-state index contributed by atoms with van der Waals surface area (Å²) in [6.45, 7) is 0. The number of nitrogens with zero attached hydrogens (tertiary/aromatic N) is 2. The van der Waals surface area contributed by atoms with Gasteiger partial charge in [0.25, 0.3) is 0 Å². The Labute approximate surface area is 58.9 Å². The van der Waals surface area contributed by atoms with Gasteiger partial charge in [0, 0.05) is 6.08 Å². The maximum atomic E-state index is 10.5. The normalized spacial score (nSPS) is 16.3. The van der Waals surface area contributed by atoms with Crippen LogP contribution in [-0.2, 0) is 10.0 Å². The zero-order chi connectivity index (χ0) is 7.61. The van der Waals surface area contributed by atoms with Crippen LogP contribution in [0.1, 0.15) is 0 Å². The molecule has 10 heavy (non-hydrogen) atoms. The zero-order valence-corrected chi connectivity index (χ0v) is 6.09. The van der Waals surface area contributed by atoms with E-state index in [-0.39, 0.29) is 5.84 Å². The SMILES string of the molecule is CS(=O)(=O)NC1=N[N]C=C1. The van der Waals surface area contributed by atoms with Crippen LogP contribution in [0.4, 0.5) is 0 Å². The van der Waals surface area contributed by atoms with Crippen LogP contribution in [-0.4, -0.2) is 20.5 Å². The predicted molar refractivity (Wildman–Crippen MR) is 36.7 cm³/mol. The van der Waals surface area contributed by atoms with E-state index in [2.05, 4.69) is 15.2 Å². The molecular formula is C4H6N3O2S. The second-order valence-electron chi connectivity index (χ2n) is 1.79. The lowest BCUT2D eigenvalue weighted by molar-refractivity contribution is 0.598. The highest BCUT2D eigenvalue weighted by Gasteiger charge is 2.05. The van der Waals surface area contributed by atoms with Crippen molar-refractivity contribution in [1.82, 2.24) is 10.1 Å². The number of hydrogen-bond donors (Lipinski definition) is 1. The molecule has 0 saturated heterocycles. The van der Waals surface area contributed by atoms with Gasteiger partial charge < -0.3 is 0 Å². The fraction of sp³-hybridized carbons (Fsp3) is 0.250. The third kappa shape index (κ3) is 2.06. The summed E-state index contributed by atoms with van der Waals surface area (Å²) in [5, 5.41) is 3.46. The molecule has 1 aliphatic rings. The van der Waals surface area contributed by atoms with E-state index >= 15 is 0 Å². The Hall–Kier alpha value is -1.04. The average molecular weight is 160 g/mol. The molecule has 0 atom stereocenters. The number of amidine groups is 1. The van der Waals surface area contributed by atoms with Gasteiger partial charge in [0.15, 0.2) is 5.84 Å². The Morgan fingerprint density at radius 2 is 2.30 bits per heavy atom. The molecule has 1 rings (SSSR count). The monoisotopic (exact) mass is 160 g/mol. The van der Waals surface area contributed by atoms with Crippen LogP contribution in [0.15, 0.2) is 17.4 Å². The second kappa shape index (κ2) is 2.30. The first kappa shape index (κ1) is 7.07. The minimum Gasteiger partial charge on any atom is -0.266 e. The molecule has 5 nitrogen and oxygen atoms in total. The van der Waals surface area contributed by atoms with Crippen molar-refractivity contribution >= 4 is 15.9 Å². The molecular weight excluding hydrogens is 154 g/mol. The molecule has 0 amide bonds. The van der Waals surface area contributed by atoms with Crippen LogP contribution in [0.25, 0.3) is 0 Å². The summed E-state index contributed by atoms with van der Waals surface area (Å²) in [4.78, 5) is 0. The number of sulfonamides is 1. The van der Waals surface area contributed by atoms with Gasteiger partial charge >= 0.3 is 0 Å². The Morgan fingerprint density at radius 3 is 2.70 bits per heavy atom. The van der Waals surface area contributed by atoms with E-state index in [4.69, 9.17) is 0 Å². The van der Waals surface area contributed by atoms with Crippen molar-refractivity contribution in [1.29, 1.82) is 0 Å². The van der Waals surface area contributed by atoms with Gasteiger partial charge in [-0.3, -0.25) is 4.72 Å². The van der Waals surface area contributed by atoms with Crippen molar-refractivity contribution in [3.05, 3.63) is 12.3 Å². The van der Waals surface area contributed by atoms with E-state index in [0.717, 1.165) is 6.26 Å². The van der Waals surface area contributed by atoms with E-state index in [1.54, 1.807) is 0 Å². The standard InChI is InChI=1S/C4H6N3O2S/c1-10(8,9)7-4-2-3-5-6-4/h2-3H,1H3,(H,6,7). The Bertz CT molecular complexity index is 277. The van der Waals surface area contributed by atoms with Crippen LogP contribution in [0.5, 0.6) is 0 Å². The quantitative estimate of drug-likeness (QED) is 0.533. The molecule has 0 unspecified atom stereocenters. The molecule has 6 heteroatoms. The van der Waals surface area contributed by atoms with Gasteiger partial charge in [0.05, 0.1) is 12.5 Å². The highest BCUT2D eigenvalue weighted by Crippen LogP contribution is 1.87. The van der Waals surface area contributed by atoms with Gasteiger partial charge in [0.2, 0.25) is 10.0 Å². The first-order valence-corrected chi connectivity index (χ1v) is 4.39. The number of hydrogen-bond acceptors (Lipinski definition) is 3. The first-order valence-electron chi connectivity index (χ1n) is 2.50. The summed E-state index contributed by atoms with van der Waals surface area (Å²) >= 11 is 0. The first-order chi connectivity index (χ1) is 4.58. The van der Waals surface area contributed by atoms with Crippen molar-refractivity contribution in [2.45, 2.75) is 0 Å². The zero-order valence-electron chi connectivity index (χ0n) is 5.27. The van der Waals surface area contributed by atoms with Gasteiger partial charge in [0.1, 0.15) is 0 Å². The van der Waals surface area contributed by atoms with E-state index in [9.17, 15) is 8.42 Å². The van der Waals surface area contributed by atoms with Crippen molar-refractivity contribution in [2.75, 3.05) is 6.26 Å². The lowest BCUT2D eigenvalue weighted by Crippen LogP contribution is -2.27. The maximum absolute atomic E-state index is 10.5. The minimum absolute atomic E-state index is 0.252. The van der Waals surface area contributed by atoms with Gasteiger partial charge in [-0.25, -0.2) is 8.42 Å². The summed E-state index contributed by atoms with van der Waals surface area (Å²) in [7, 11) is -3.20. The molecule has 1 heterocycles. The Kier molecular flexibility index (Phi) is 1.62. The smallest absolute Gasteiger partial charge is 0.231 e. The topological polar surface area (TPSA) is 72.6 Å². The fourth-order valence-electron chi connectivity index (χ4n) is 0.477. The lowest BCUT2D eigenvalue weighted by Gasteiger charge is -1.96. The summed E-state index contributed by atoms with van der Waals surface area (Å²) < 4.78 is 23.2. The molecule has 0 aliphatic carbocycles. The van der Waals surface area contributed by atoms with Crippen molar-refractivity contribution < 1.29 is 8.42 Å². The van der Waals surface area contributed by atoms with Crippen LogP contribution in [0.3, 0.4) is 0 Å². The van der Waals surface area contributed by atoms with E-state index in [0.29, 0.717) is 0 Å². The molecule has 0 fully saturated rings. The predicted octanol–water partition coefficient (Wildman–Crippen LogP) is -1.02. The summed E-state index contributed by atoms with van der Waals surface area (Å²) in [5.74, 6) is 0.252. The van der Waals surface area contributed by atoms with Crippen LogP contribution in [0, 0.1) is 0 Å². The molecule has 0 aromatic heterocycles. The largest absolute Gasteiger partial charge is 0.266 e. The highest BCUT2D eigenvalue weighted by molar-refractivity contribution is 7.89. The van der Waals surface area contributed by atoms with E-state index in [1.807, 2.05) is 0 Å². The lowest BCUT2D eigenvalue weighted by atomic mass is 10.6. The molecule has 0 bridgehead atoms. The molecule has 1 radical (unpaired) electrons. The molecule has 1 N–H and O–H groups in total. The maximum Gasteiger partial charge on any atom is 0.231 e. The molecule has 0 spiro atoms. The number of rotatable bonds is 1. The Morgan fingerprint density at radius 1 is 1.60 bits per heavy atom.